The molecule has 4 nitrogen and oxygen atoms in total. The fourth-order valence-corrected chi connectivity index (χ4v) is 2.20. The first-order chi connectivity index (χ1) is 9.60. The zero-order chi connectivity index (χ0) is 14.5. The molecule has 0 aliphatic rings. The number of benzene rings is 1. The highest BCUT2D eigenvalue weighted by Gasteiger charge is 2.19. The minimum Gasteiger partial charge on any atom is -0.481 e. The van der Waals surface area contributed by atoms with Crippen LogP contribution in [0.1, 0.15) is 49.9 Å². The Morgan fingerprint density at radius 3 is 2.90 bits per heavy atom. The number of alkyl halides is 1. The van der Waals surface area contributed by atoms with Crippen molar-refractivity contribution in [1.29, 1.82) is 0 Å². The lowest BCUT2D eigenvalue weighted by Crippen LogP contribution is -2.04. The van der Waals surface area contributed by atoms with Crippen molar-refractivity contribution in [1.82, 2.24) is 10.1 Å². The van der Waals surface area contributed by atoms with Gasteiger partial charge in [0, 0.05) is 5.02 Å². The van der Waals surface area contributed by atoms with E-state index in [0.717, 1.165) is 12.8 Å². The Hall–Kier alpha value is -1.26. The summed E-state index contributed by atoms with van der Waals surface area (Å²) < 4.78 is 10.9. The molecule has 2 aromatic rings. The van der Waals surface area contributed by atoms with Gasteiger partial charge in [0.15, 0.2) is 11.9 Å². The van der Waals surface area contributed by atoms with E-state index >= 15 is 0 Å². The van der Waals surface area contributed by atoms with E-state index in [1.807, 2.05) is 19.1 Å². The minimum absolute atomic E-state index is 0.226. The van der Waals surface area contributed by atoms with Crippen LogP contribution in [0.3, 0.4) is 0 Å². The van der Waals surface area contributed by atoms with Crippen molar-refractivity contribution in [2.75, 3.05) is 0 Å². The van der Waals surface area contributed by atoms with Crippen molar-refractivity contribution < 1.29 is 9.26 Å². The molecule has 1 aromatic carbocycles. The summed E-state index contributed by atoms with van der Waals surface area (Å²) in [5.74, 6) is 1.56. The Balaban J connectivity index is 2.04. The molecule has 0 N–H and O–H groups in total. The van der Waals surface area contributed by atoms with E-state index in [2.05, 4.69) is 17.1 Å². The van der Waals surface area contributed by atoms with Gasteiger partial charge in [0.2, 0.25) is 0 Å². The molecular weight excluding hydrogens is 299 g/mol. The van der Waals surface area contributed by atoms with Gasteiger partial charge in [-0.1, -0.05) is 36.2 Å². The Labute approximate surface area is 128 Å². The Kier molecular flexibility index (Phi) is 5.26. The van der Waals surface area contributed by atoms with Gasteiger partial charge in [-0.2, -0.15) is 4.98 Å². The molecule has 1 aromatic heterocycles. The van der Waals surface area contributed by atoms with Gasteiger partial charge in [-0.25, -0.2) is 0 Å². The lowest BCUT2D eigenvalue weighted by Gasteiger charge is -2.10. The maximum atomic E-state index is 6.16. The molecule has 0 radical (unpaired) electrons. The monoisotopic (exact) mass is 314 g/mol. The van der Waals surface area contributed by atoms with Crippen LogP contribution >= 0.6 is 23.2 Å². The van der Waals surface area contributed by atoms with Crippen LogP contribution in [0.2, 0.25) is 5.02 Å². The molecule has 0 amide bonds. The van der Waals surface area contributed by atoms with Crippen LogP contribution in [0.5, 0.6) is 5.75 Å². The fraction of sp³-hybridized carbons (Fsp3) is 0.429. The number of hydrogen-bond acceptors (Lipinski definition) is 4. The predicted octanol–water partition coefficient (Wildman–Crippen LogP) is 4.94. The quantitative estimate of drug-likeness (QED) is 0.708. The maximum absolute atomic E-state index is 6.16. The van der Waals surface area contributed by atoms with Crippen molar-refractivity contribution >= 4 is 23.2 Å². The van der Waals surface area contributed by atoms with E-state index < -0.39 is 0 Å². The van der Waals surface area contributed by atoms with Crippen molar-refractivity contribution in [2.45, 2.75) is 38.2 Å². The van der Waals surface area contributed by atoms with E-state index in [4.69, 9.17) is 32.5 Å². The summed E-state index contributed by atoms with van der Waals surface area (Å²) >= 11 is 12.1. The number of nitrogens with zero attached hydrogens (tertiary/aromatic N) is 2. The van der Waals surface area contributed by atoms with Gasteiger partial charge in [0.05, 0.1) is 5.38 Å². The Morgan fingerprint density at radius 1 is 1.40 bits per heavy atom. The van der Waals surface area contributed by atoms with Crippen molar-refractivity contribution in [2.24, 2.45) is 0 Å². The lowest BCUT2D eigenvalue weighted by molar-refractivity contribution is 0.175. The molecular formula is C14H16Cl2N2O2. The maximum Gasteiger partial charge on any atom is 0.267 e. The van der Waals surface area contributed by atoms with Gasteiger partial charge in [-0.05, 0) is 31.5 Å². The average molecular weight is 315 g/mol. The highest BCUT2D eigenvalue weighted by Crippen LogP contribution is 2.26. The minimum atomic E-state index is -0.361. The molecule has 0 aliphatic heterocycles. The molecule has 0 saturated carbocycles. The highest BCUT2D eigenvalue weighted by molar-refractivity contribution is 6.30. The van der Waals surface area contributed by atoms with Crippen molar-refractivity contribution in [3.05, 3.63) is 41.0 Å². The number of rotatable bonds is 6. The van der Waals surface area contributed by atoms with Gasteiger partial charge in [-0.15, -0.1) is 11.6 Å². The van der Waals surface area contributed by atoms with Gasteiger partial charge in [-0.3, -0.25) is 0 Å². The molecule has 0 spiro atoms. The molecule has 2 unspecified atom stereocenters. The number of aromatic nitrogens is 2. The predicted molar refractivity (Wildman–Crippen MR) is 78.3 cm³/mol. The van der Waals surface area contributed by atoms with Crippen LogP contribution in [0.4, 0.5) is 0 Å². The second-order valence-corrected chi connectivity index (χ2v) is 5.43. The smallest absolute Gasteiger partial charge is 0.267 e. The van der Waals surface area contributed by atoms with Crippen LogP contribution in [0.15, 0.2) is 28.8 Å². The first kappa shape index (κ1) is 15.1. The molecule has 1 heterocycles. The first-order valence-electron chi connectivity index (χ1n) is 6.50. The summed E-state index contributed by atoms with van der Waals surface area (Å²) in [5.41, 5.74) is 0. The average Bonchev–Trinajstić information content (AvgIpc) is 2.88. The van der Waals surface area contributed by atoms with Gasteiger partial charge >= 0.3 is 0 Å². The normalized spacial score (nSPS) is 14.0. The van der Waals surface area contributed by atoms with Crippen LogP contribution in [-0.2, 0) is 0 Å². The van der Waals surface area contributed by atoms with Gasteiger partial charge in [0.1, 0.15) is 5.75 Å². The second-order valence-electron chi connectivity index (χ2n) is 4.46. The van der Waals surface area contributed by atoms with Crippen molar-refractivity contribution in [3.8, 4) is 5.75 Å². The SMILES string of the molecule is CCCC(Cl)c1noc(C(C)Oc2cccc(Cl)c2)n1. The zero-order valence-electron chi connectivity index (χ0n) is 11.3. The topological polar surface area (TPSA) is 48.2 Å². The summed E-state index contributed by atoms with van der Waals surface area (Å²) in [4.78, 5) is 4.28. The molecule has 108 valence electrons. The summed E-state index contributed by atoms with van der Waals surface area (Å²) in [6.07, 6.45) is 1.41. The van der Waals surface area contributed by atoms with E-state index in [9.17, 15) is 0 Å². The molecule has 20 heavy (non-hydrogen) atoms. The van der Waals surface area contributed by atoms with E-state index in [1.165, 1.54) is 0 Å². The van der Waals surface area contributed by atoms with Crippen LogP contribution in [-0.4, -0.2) is 10.1 Å². The van der Waals surface area contributed by atoms with E-state index in [-0.39, 0.29) is 11.5 Å². The third-order valence-electron chi connectivity index (χ3n) is 2.74. The van der Waals surface area contributed by atoms with Crippen molar-refractivity contribution in [3.63, 3.8) is 0 Å². The zero-order valence-corrected chi connectivity index (χ0v) is 12.9. The highest BCUT2D eigenvalue weighted by atomic mass is 35.5. The third kappa shape index (κ3) is 3.87. The van der Waals surface area contributed by atoms with E-state index in [0.29, 0.717) is 22.5 Å². The molecule has 0 bridgehead atoms. The molecule has 6 heteroatoms. The molecule has 0 saturated heterocycles. The Morgan fingerprint density at radius 2 is 2.20 bits per heavy atom. The van der Waals surface area contributed by atoms with Crippen LogP contribution in [0.25, 0.3) is 0 Å². The number of halogens is 2. The van der Waals surface area contributed by atoms with Gasteiger partial charge in [0.25, 0.3) is 5.89 Å². The van der Waals surface area contributed by atoms with Crippen LogP contribution < -0.4 is 4.74 Å². The largest absolute Gasteiger partial charge is 0.481 e. The third-order valence-corrected chi connectivity index (χ3v) is 3.38. The summed E-state index contributed by atoms with van der Waals surface area (Å²) in [5, 5.41) is 4.28. The van der Waals surface area contributed by atoms with Crippen LogP contribution in [0, 0.1) is 0 Å². The van der Waals surface area contributed by atoms with E-state index in [1.54, 1.807) is 12.1 Å². The second kappa shape index (κ2) is 6.95. The Bertz CT molecular complexity index is 560. The molecule has 2 rings (SSSR count). The number of ether oxygens (including phenoxy) is 1. The number of hydrogen-bond donors (Lipinski definition) is 0. The molecule has 0 aliphatic carbocycles. The standard InChI is InChI=1S/C14H16Cl2N2O2/c1-3-5-12(16)13-17-14(20-18-13)9(2)19-11-7-4-6-10(15)8-11/h4,6-9,12H,3,5H2,1-2H3. The summed E-state index contributed by atoms with van der Waals surface area (Å²) in [6.45, 7) is 3.89. The van der Waals surface area contributed by atoms with Gasteiger partial charge < -0.3 is 9.26 Å². The molecule has 0 fully saturated rings. The lowest BCUT2D eigenvalue weighted by atomic mass is 10.2. The first-order valence-corrected chi connectivity index (χ1v) is 7.31. The summed E-state index contributed by atoms with van der Waals surface area (Å²) in [6, 6.07) is 7.16. The fourth-order valence-electron chi connectivity index (χ4n) is 1.72. The molecule has 2 atom stereocenters. The summed E-state index contributed by atoms with van der Waals surface area (Å²) in [7, 11) is 0.